The fourth-order valence-corrected chi connectivity index (χ4v) is 3.85. The van der Waals surface area contributed by atoms with Gasteiger partial charge >= 0.3 is 0 Å². The standard InChI is InChI=1S/C20H26N2O2/c1-3-7-16(8-4-1)13-21-20(14-23-15-20)12-18-11-19(24-22-18)17-9-5-2-6-10-17/h2,5-6,9-11,16,21H,1,3-4,7-8,12-15H2. The van der Waals surface area contributed by atoms with Gasteiger partial charge in [0.2, 0.25) is 0 Å². The van der Waals surface area contributed by atoms with E-state index in [0.717, 1.165) is 49.1 Å². The second-order valence-corrected chi connectivity index (χ2v) is 7.38. The normalized spacial score (nSPS) is 20.7. The van der Waals surface area contributed by atoms with E-state index in [-0.39, 0.29) is 5.54 Å². The Kier molecular flexibility index (Phi) is 4.67. The van der Waals surface area contributed by atoms with Gasteiger partial charge in [0.1, 0.15) is 0 Å². The van der Waals surface area contributed by atoms with E-state index in [9.17, 15) is 0 Å². The fraction of sp³-hybridized carbons (Fsp3) is 0.550. The Hall–Kier alpha value is -1.65. The first kappa shape index (κ1) is 15.9. The quantitative estimate of drug-likeness (QED) is 0.876. The SMILES string of the molecule is c1ccc(-c2cc(CC3(NCC4CCCCC4)COC3)no2)cc1. The van der Waals surface area contributed by atoms with Gasteiger partial charge in [0.15, 0.2) is 5.76 Å². The van der Waals surface area contributed by atoms with Crippen LogP contribution < -0.4 is 5.32 Å². The van der Waals surface area contributed by atoms with E-state index in [1.165, 1.54) is 32.1 Å². The third-order valence-electron chi connectivity index (χ3n) is 5.38. The molecule has 0 spiro atoms. The number of benzene rings is 1. The van der Waals surface area contributed by atoms with E-state index < -0.39 is 0 Å². The minimum atomic E-state index is 0.0439. The molecule has 0 amide bonds. The molecule has 1 aliphatic carbocycles. The highest BCUT2D eigenvalue weighted by molar-refractivity contribution is 5.56. The minimum absolute atomic E-state index is 0.0439. The summed E-state index contributed by atoms with van der Waals surface area (Å²) in [6, 6.07) is 12.2. The third-order valence-corrected chi connectivity index (χ3v) is 5.38. The van der Waals surface area contributed by atoms with E-state index in [1.54, 1.807) is 0 Å². The maximum Gasteiger partial charge on any atom is 0.167 e. The Balaban J connectivity index is 1.38. The Morgan fingerprint density at radius 3 is 2.58 bits per heavy atom. The number of nitrogens with zero attached hydrogens (tertiary/aromatic N) is 1. The van der Waals surface area contributed by atoms with Crippen LogP contribution >= 0.6 is 0 Å². The van der Waals surface area contributed by atoms with Gasteiger partial charge in [0.25, 0.3) is 0 Å². The highest BCUT2D eigenvalue weighted by Crippen LogP contribution is 2.28. The summed E-state index contributed by atoms with van der Waals surface area (Å²) in [4.78, 5) is 0. The monoisotopic (exact) mass is 326 g/mol. The molecule has 2 heterocycles. The van der Waals surface area contributed by atoms with Crippen LogP contribution in [0.25, 0.3) is 11.3 Å². The van der Waals surface area contributed by atoms with Gasteiger partial charge in [-0.1, -0.05) is 54.8 Å². The molecule has 2 fully saturated rings. The number of hydrogen-bond acceptors (Lipinski definition) is 4. The third kappa shape index (κ3) is 3.55. The van der Waals surface area contributed by atoms with Crippen LogP contribution in [-0.2, 0) is 11.2 Å². The molecule has 1 aromatic heterocycles. The van der Waals surface area contributed by atoms with Crippen LogP contribution in [-0.4, -0.2) is 30.5 Å². The number of ether oxygens (including phenoxy) is 1. The molecule has 4 nitrogen and oxygen atoms in total. The van der Waals surface area contributed by atoms with Crippen molar-refractivity contribution in [2.24, 2.45) is 5.92 Å². The van der Waals surface area contributed by atoms with Crippen molar-refractivity contribution < 1.29 is 9.26 Å². The Morgan fingerprint density at radius 1 is 1.08 bits per heavy atom. The maximum absolute atomic E-state index is 5.54. The van der Waals surface area contributed by atoms with E-state index in [4.69, 9.17) is 9.26 Å². The van der Waals surface area contributed by atoms with Crippen LogP contribution in [0.4, 0.5) is 0 Å². The zero-order chi connectivity index (χ0) is 16.2. The van der Waals surface area contributed by atoms with Crippen molar-refractivity contribution in [3.8, 4) is 11.3 Å². The maximum atomic E-state index is 5.54. The van der Waals surface area contributed by atoms with Crippen LogP contribution in [0.15, 0.2) is 40.9 Å². The summed E-state index contributed by atoms with van der Waals surface area (Å²) in [6.07, 6.45) is 7.79. The van der Waals surface area contributed by atoms with Crippen LogP contribution in [0.2, 0.25) is 0 Å². The van der Waals surface area contributed by atoms with Crippen molar-refractivity contribution in [1.29, 1.82) is 0 Å². The molecule has 1 aliphatic heterocycles. The largest absolute Gasteiger partial charge is 0.377 e. The molecule has 1 saturated heterocycles. The van der Waals surface area contributed by atoms with Crippen LogP contribution in [0, 0.1) is 5.92 Å². The number of rotatable bonds is 6. The molecule has 2 aliphatic rings. The number of hydrogen-bond donors (Lipinski definition) is 1. The zero-order valence-corrected chi connectivity index (χ0v) is 14.2. The van der Waals surface area contributed by atoms with Gasteiger partial charge in [-0.15, -0.1) is 0 Å². The van der Waals surface area contributed by atoms with Gasteiger partial charge in [-0.2, -0.15) is 0 Å². The zero-order valence-electron chi connectivity index (χ0n) is 14.2. The van der Waals surface area contributed by atoms with Crippen molar-refractivity contribution in [1.82, 2.24) is 10.5 Å². The van der Waals surface area contributed by atoms with Crippen LogP contribution in [0.5, 0.6) is 0 Å². The van der Waals surface area contributed by atoms with Gasteiger partial charge in [0.05, 0.1) is 24.4 Å². The predicted octanol–water partition coefficient (Wildman–Crippen LogP) is 3.82. The fourth-order valence-electron chi connectivity index (χ4n) is 3.85. The van der Waals surface area contributed by atoms with Gasteiger partial charge in [-0.25, -0.2) is 0 Å². The molecule has 1 saturated carbocycles. The molecule has 4 heteroatoms. The van der Waals surface area contributed by atoms with Gasteiger partial charge in [-0.3, -0.25) is 0 Å². The predicted molar refractivity (Wildman–Crippen MR) is 93.8 cm³/mol. The van der Waals surface area contributed by atoms with E-state index in [0.29, 0.717) is 0 Å². The summed E-state index contributed by atoms with van der Waals surface area (Å²) in [6.45, 7) is 2.65. The lowest BCUT2D eigenvalue weighted by Gasteiger charge is -2.43. The lowest BCUT2D eigenvalue weighted by atomic mass is 9.86. The summed E-state index contributed by atoms with van der Waals surface area (Å²) < 4.78 is 11.1. The topological polar surface area (TPSA) is 47.3 Å². The molecule has 0 radical (unpaired) electrons. The first-order valence-electron chi connectivity index (χ1n) is 9.17. The Bertz CT molecular complexity index is 643. The summed E-state index contributed by atoms with van der Waals surface area (Å²) in [5.74, 6) is 1.67. The summed E-state index contributed by atoms with van der Waals surface area (Å²) in [5.41, 5.74) is 2.13. The van der Waals surface area contributed by atoms with Crippen LogP contribution in [0.1, 0.15) is 37.8 Å². The van der Waals surface area contributed by atoms with Crippen molar-refractivity contribution in [3.05, 3.63) is 42.1 Å². The van der Waals surface area contributed by atoms with Gasteiger partial charge < -0.3 is 14.6 Å². The lowest BCUT2D eigenvalue weighted by molar-refractivity contribution is -0.0764. The first-order valence-corrected chi connectivity index (χ1v) is 9.17. The molecule has 0 bridgehead atoms. The smallest absolute Gasteiger partial charge is 0.167 e. The summed E-state index contributed by atoms with van der Waals surface area (Å²) >= 11 is 0. The highest BCUT2D eigenvalue weighted by Gasteiger charge is 2.39. The molecule has 24 heavy (non-hydrogen) atoms. The molecule has 128 valence electrons. The second kappa shape index (κ2) is 7.08. The van der Waals surface area contributed by atoms with Crippen molar-refractivity contribution in [2.75, 3.05) is 19.8 Å². The average Bonchev–Trinajstić information content (AvgIpc) is 3.07. The molecule has 0 unspecified atom stereocenters. The molecule has 4 rings (SSSR count). The Morgan fingerprint density at radius 2 is 1.88 bits per heavy atom. The first-order chi connectivity index (χ1) is 11.8. The molecule has 1 aromatic carbocycles. The molecule has 1 N–H and O–H groups in total. The van der Waals surface area contributed by atoms with E-state index in [1.807, 2.05) is 30.3 Å². The molecule has 2 aromatic rings. The second-order valence-electron chi connectivity index (χ2n) is 7.38. The number of nitrogens with one attached hydrogen (secondary N) is 1. The summed E-state index contributed by atoms with van der Waals surface area (Å²) in [5, 5.41) is 8.08. The van der Waals surface area contributed by atoms with Crippen LogP contribution in [0.3, 0.4) is 0 Å². The molecular formula is C20H26N2O2. The van der Waals surface area contributed by atoms with Crippen molar-refractivity contribution >= 4 is 0 Å². The number of aromatic nitrogens is 1. The minimum Gasteiger partial charge on any atom is -0.377 e. The molecular weight excluding hydrogens is 300 g/mol. The van der Waals surface area contributed by atoms with Crippen molar-refractivity contribution in [3.63, 3.8) is 0 Å². The molecule has 0 atom stereocenters. The van der Waals surface area contributed by atoms with E-state index >= 15 is 0 Å². The summed E-state index contributed by atoms with van der Waals surface area (Å²) in [7, 11) is 0. The van der Waals surface area contributed by atoms with E-state index in [2.05, 4.69) is 16.5 Å². The highest BCUT2D eigenvalue weighted by atomic mass is 16.5. The Labute approximate surface area is 143 Å². The average molecular weight is 326 g/mol. The lowest BCUT2D eigenvalue weighted by Crippen LogP contribution is -2.62. The van der Waals surface area contributed by atoms with Gasteiger partial charge in [-0.05, 0) is 25.3 Å². The van der Waals surface area contributed by atoms with Crippen molar-refractivity contribution in [2.45, 2.75) is 44.1 Å². The van der Waals surface area contributed by atoms with Gasteiger partial charge in [0, 0.05) is 18.1 Å².